The molecule has 1 heterocycles. The number of halogens is 1. The molecule has 3 rings (SSSR count). The van der Waals surface area contributed by atoms with Crippen LogP contribution in [0.15, 0.2) is 51.7 Å². The van der Waals surface area contributed by atoms with Crippen molar-refractivity contribution in [3.05, 3.63) is 69.0 Å². The van der Waals surface area contributed by atoms with Gasteiger partial charge in [-0.25, -0.2) is 9.59 Å². The molecule has 0 saturated heterocycles. The fourth-order valence-corrected chi connectivity index (χ4v) is 2.86. The predicted molar refractivity (Wildman–Crippen MR) is 104 cm³/mol. The molecule has 2 aromatic carbocycles. The Labute approximate surface area is 164 Å². The van der Waals surface area contributed by atoms with Gasteiger partial charge in [0.15, 0.2) is 6.61 Å². The first-order chi connectivity index (χ1) is 13.4. The Balaban J connectivity index is 1.76. The van der Waals surface area contributed by atoms with Crippen LogP contribution in [-0.4, -0.2) is 25.6 Å². The van der Waals surface area contributed by atoms with Crippen LogP contribution < -0.4 is 15.7 Å². The summed E-state index contributed by atoms with van der Waals surface area (Å²) in [6.45, 7) is 1.40. The summed E-state index contributed by atoms with van der Waals surface area (Å²) >= 11 is 6.21. The number of carbonyl (C=O) groups is 2. The lowest BCUT2D eigenvalue weighted by Gasteiger charge is -2.12. The molecular weight excluding hydrogens is 386 g/mol. The van der Waals surface area contributed by atoms with Crippen molar-refractivity contribution < 1.29 is 23.5 Å². The molecule has 0 saturated carbocycles. The highest BCUT2D eigenvalue weighted by Crippen LogP contribution is 2.31. The summed E-state index contributed by atoms with van der Waals surface area (Å²) in [5.41, 5.74) is 1.06. The van der Waals surface area contributed by atoms with E-state index in [4.69, 9.17) is 20.8 Å². The van der Waals surface area contributed by atoms with Crippen molar-refractivity contribution in [3.63, 3.8) is 0 Å². The van der Waals surface area contributed by atoms with Crippen molar-refractivity contribution in [2.45, 2.75) is 6.92 Å². The van der Waals surface area contributed by atoms with Gasteiger partial charge >= 0.3 is 11.6 Å². The number of benzene rings is 2. The second kappa shape index (κ2) is 8.14. The molecule has 0 atom stereocenters. The van der Waals surface area contributed by atoms with Crippen molar-refractivity contribution >= 4 is 40.1 Å². The first-order valence-corrected chi connectivity index (χ1v) is 8.61. The lowest BCUT2D eigenvalue weighted by molar-refractivity contribution is -0.118. The Morgan fingerprint density at radius 2 is 1.93 bits per heavy atom. The van der Waals surface area contributed by atoms with Gasteiger partial charge in [-0.05, 0) is 30.7 Å². The number of esters is 1. The average molecular weight is 402 g/mol. The summed E-state index contributed by atoms with van der Waals surface area (Å²) in [7, 11) is 1.26. The van der Waals surface area contributed by atoms with E-state index in [1.165, 1.54) is 25.3 Å². The first kappa shape index (κ1) is 19.4. The van der Waals surface area contributed by atoms with Crippen LogP contribution in [-0.2, 0) is 9.53 Å². The zero-order chi connectivity index (χ0) is 20.3. The van der Waals surface area contributed by atoms with E-state index in [1.807, 2.05) is 0 Å². The molecule has 8 heteroatoms. The molecule has 0 radical (unpaired) electrons. The van der Waals surface area contributed by atoms with Crippen LogP contribution in [0.4, 0.5) is 5.69 Å². The van der Waals surface area contributed by atoms with Crippen molar-refractivity contribution in [1.29, 1.82) is 0 Å². The van der Waals surface area contributed by atoms with Crippen molar-refractivity contribution in [3.8, 4) is 5.75 Å². The van der Waals surface area contributed by atoms with Gasteiger partial charge in [-0.3, -0.25) is 4.79 Å². The van der Waals surface area contributed by atoms with E-state index in [0.29, 0.717) is 16.7 Å². The highest BCUT2D eigenvalue weighted by Gasteiger charge is 2.15. The number of ether oxygens (including phenoxy) is 2. The number of aryl methyl sites for hydroxylation is 1. The van der Waals surface area contributed by atoms with Crippen LogP contribution in [0.2, 0.25) is 5.02 Å². The fourth-order valence-electron chi connectivity index (χ4n) is 2.64. The maximum absolute atomic E-state index is 12.2. The Hall–Kier alpha value is -3.32. The van der Waals surface area contributed by atoms with Gasteiger partial charge in [-0.15, -0.1) is 0 Å². The summed E-state index contributed by atoms with van der Waals surface area (Å²) in [6, 6.07) is 10.9. The number of amides is 1. The molecule has 0 unspecified atom stereocenters. The molecule has 0 fully saturated rings. The SMILES string of the molecule is COC(=O)c1ccccc1NC(=O)COc1cc2oc(=O)cc(C)c2cc1Cl. The van der Waals surface area contributed by atoms with Gasteiger partial charge in [0.2, 0.25) is 0 Å². The third-order valence-corrected chi connectivity index (χ3v) is 4.26. The molecule has 0 spiro atoms. The molecule has 0 aliphatic rings. The number of hydrogen-bond acceptors (Lipinski definition) is 6. The molecule has 144 valence electrons. The Morgan fingerprint density at radius 1 is 1.18 bits per heavy atom. The second-order valence-corrected chi connectivity index (χ2v) is 6.31. The van der Waals surface area contributed by atoms with Gasteiger partial charge in [0.05, 0.1) is 23.4 Å². The average Bonchev–Trinajstić information content (AvgIpc) is 2.67. The van der Waals surface area contributed by atoms with Crippen LogP contribution in [0, 0.1) is 6.92 Å². The fraction of sp³-hybridized carbons (Fsp3) is 0.150. The normalized spacial score (nSPS) is 10.5. The third kappa shape index (κ3) is 4.15. The number of fused-ring (bicyclic) bond motifs is 1. The van der Waals surface area contributed by atoms with E-state index in [-0.39, 0.29) is 22.9 Å². The zero-order valence-electron chi connectivity index (χ0n) is 15.1. The maximum atomic E-state index is 12.2. The predicted octanol–water partition coefficient (Wildman–Crippen LogP) is 3.56. The molecule has 28 heavy (non-hydrogen) atoms. The van der Waals surface area contributed by atoms with Gasteiger partial charge in [0.25, 0.3) is 5.91 Å². The van der Waals surface area contributed by atoms with Gasteiger partial charge in [-0.2, -0.15) is 0 Å². The summed E-state index contributed by atoms with van der Waals surface area (Å²) < 4.78 is 15.3. The minimum absolute atomic E-state index is 0.194. The largest absolute Gasteiger partial charge is 0.482 e. The number of carbonyl (C=O) groups excluding carboxylic acids is 2. The summed E-state index contributed by atoms with van der Waals surface area (Å²) in [4.78, 5) is 35.5. The van der Waals surface area contributed by atoms with Crippen molar-refractivity contribution in [2.24, 2.45) is 0 Å². The lowest BCUT2D eigenvalue weighted by atomic mass is 10.1. The monoisotopic (exact) mass is 401 g/mol. The van der Waals surface area contributed by atoms with Crippen LogP contribution >= 0.6 is 11.6 Å². The smallest absolute Gasteiger partial charge is 0.339 e. The molecule has 3 aromatic rings. The quantitative estimate of drug-likeness (QED) is 0.519. The Bertz CT molecular complexity index is 1120. The molecule has 1 aromatic heterocycles. The zero-order valence-corrected chi connectivity index (χ0v) is 15.8. The lowest BCUT2D eigenvalue weighted by Crippen LogP contribution is -2.21. The Morgan fingerprint density at radius 3 is 2.68 bits per heavy atom. The van der Waals surface area contributed by atoms with Crippen molar-refractivity contribution in [1.82, 2.24) is 0 Å². The summed E-state index contributed by atoms with van der Waals surface area (Å²) in [6.07, 6.45) is 0. The van der Waals surface area contributed by atoms with Crippen LogP contribution in [0.1, 0.15) is 15.9 Å². The number of methoxy groups -OCH3 is 1. The maximum Gasteiger partial charge on any atom is 0.339 e. The van der Waals surface area contributed by atoms with E-state index in [0.717, 1.165) is 5.56 Å². The van der Waals surface area contributed by atoms with Crippen LogP contribution in [0.25, 0.3) is 11.0 Å². The first-order valence-electron chi connectivity index (χ1n) is 8.23. The molecule has 0 bridgehead atoms. The van der Waals surface area contributed by atoms with E-state index < -0.39 is 17.5 Å². The Kier molecular flexibility index (Phi) is 5.65. The van der Waals surface area contributed by atoms with E-state index in [1.54, 1.807) is 31.2 Å². The second-order valence-electron chi connectivity index (χ2n) is 5.90. The molecule has 0 aliphatic heterocycles. The molecule has 7 nitrogen and oxygen atoms in total. The number of anilines is 1. The summed E-state index contributed by atoms with van der Waals surface area (Å²) in [5, 5.41) is 3.53. The molecule has 1 N–H and O–H groups in total. The van der Waals surface area contributed by atoms with Gasteiger partial charge in [0.1, 0.15) is 11.3 Å². The van der Waals surface area contributed by atoms with Gasteiger partial charge < -0.3 is 19.2 Å². The number of rotatable bonds is 5. The number of para-hydroxylation sites is 1. The molecule has 0 aliphatic carbocycles. The summed E-state index contributed by atoms with van der Waals surface area (Å²) in [5.74, 6) is -0.877. The third-order valence-electron chi connectivity index (χ3n) is 3.97. The van der Waals surface area contributed by atoms with Gasteiger partial charge in [0, 0.05) is 17.5 Å². The highest BCUT2D eigenvalue weighted by molar-refractivity contribution is 6.32. The number of nitrogens with one attached hydrogen (secondary N) is 1. The van der Waals surface area contributed by atoms with Crippen molar-refractivity contribution in [2.75, 3.05) is 19.0 Å². The minimum Gasteiger partial charge on any atom is -0.482 e. The molecular formula is C20H16ClNO6. The van der Waals surface area contributed by atoms with Gasteiger partial charge in [-0.1, -0.05) is 23.7 Å². The highest BCUT2D eigenvalue weighted by atomic mass is 35.5. The van der Waals surface area contributed by atoms with E-state index >= 15 is 0 Å². The van der Waals surface area contributed by atoms with E-state index in [9.17, 15) is 14.4 Å². The number of hydrogen-bond donors (Lipinski definition) is 1. The topological polar surface area (TPSA) is 94.8 Å². The minimum atomic E-state index is -0.570. The molecule has 1 amide bonds. The van der Waals surface area contributed by atoms with Crippen LogP contribution in [0.3, 0.4) is 0 Å². The van der Waals surface area contributed by atoms with E-state index in [2.05, 4.69) is 10.1 Å². The van der Waals surface area contributed by atoms with Crippen LogP contribution in [0.5, 0.6) is 5.75 Å². The standard InChI is InChI=1S/C20H16ClNO6/c1-11-7-19(24)28-16-9-17(14(21)8-13(11)16)27-10-18(23)22-15-6-4-3-5-12(15)20(25)26-2/h3-9H,10H2,1-2H3,(H,22,23).